The van der Waals surface area contributed by atoms with Crippen LogP contribution in [0.5, 0.6) is 0 Å². The molecule has 0 atom stereocenters. The maximum Gasteiger partial charge on any atom is 0.135 e. The van der Waals surface area contributed by atoms with E-state index in [1.807, 2.05) is 13.1 Å². The lowest BCUT2D eigenvalue weighted by atomic mass is 10.3. The topological polar surface area (TPSA) is 41.0 Å². The summed E-state index contributed by atoms with van der Waals surface area (Å²) in [4.78, 5) is 10.6. The third-order valence-electron chi connectivity index (χ3n) is 3.08. The Kier molecular flexibility index (Phi) is 5.65. The highest BCUT2D eigenvalue weighted by Gasteiger charge is 2.06. The van der Waals surface area contributed by atoms with Crippen molar-refractivity contribution in [1.82, 2.24) is 9.97 Å². The van der Waals surface area contributed by atoms with Crippen molar-refractivity contribution in [3.8, 4) is 0 Å². The summed E-state index contributed by atoms with van der Waals surface area (Å²) >= 11 is 12.1. The number of benzene rings is 1. The molecule has 0 amide bonds. The summed E-state index contributed by atoms with van der Waals surface area (Å²) in [7, 11) is 2.02. The fourth-order valence-corrected chi connectivity index (χ4v) is 2.20. The second-order valence-corrected chi connectivity index (χ2v) is 5.63. The van der Waals surface area contributed by atoms with Crippen LogP contribution in [0.1, 0.15) is 19.8 Å². The van der Waals surface area contributed by atoms with Crippen LogP contribution in [-0.4, -0.2) is 23.6 Å². The first-order chi connectivity index (χ1) is 10.1. The molecule has 21 heavy (non-hydrogen) atoms. The SMILES string of the molecule is CCCCN(C)c1cc(Nc2cc(Cl)ccc2Cl)ncn1. The maximum absolute atomic E-state index is 6.14. The van der Waals surface area contributed by atoms with Gasteiger partial charge < -0.3 is 10.2 Å². The van der Waals surface area contributed by atoms with Crippen LogP contribution in [-0.2, 0) is 0 Å². The summed E-state index contributed by atoms with van der Waals surface area (Å²) in [5.41, 5.74) is 0.727. The average molecular weight is 325 g/mol. The molecule has 1 aromatic carbocycles. The minimum atomic E-state index is 0.596. The average Bonchev–Trinajstić information content (AvgIpc) is 2.49. The van der Waals surface area contributed by atoms with Crippen molar-refractivity contribution in [2.45, 2.75) is 19.8 Å². The van der Waals surface area contributed by atoms with Crippen LogP contribution in [0.4, 0.5) is 17.3 Å². The summed E-state index contributed by atoms with van der Waals surface area (Å²) in [6.45, 7) is 3.13. The van der Waals surface area contributed by atoms with Gasteiger partial charge >= 0.3 is 0 Å². The van der Waals surface area contributed by atoms with Gasteiger partial charge in [0.25, 0.3) is 0 Å². The minimum Gasteiger partial charge on any atom is -0.360 e. The molecule has 1 N–H and O–H groups in total. The van der Waals surface area contributed by atoms with Gasteiger partial charge in [-0.25, -0.2) is 9.97 Å². The number of nitrogens with zero attached hydrogens (tertiary/aromatic N) is 3. The molecule has 0 unspecified atom stereocenters. The smallest absolute Gasteiger partial charge is 0.135 e. The summed E-state index contributed by atoms with van der Waals surface area (Å²) < 4.78 is 0. The number of hydrogen-bond acceptors (Lipinski definition) is 4. The Hall–Kier alpha value is -1.52. The summed E-state index contributed by atoms with van der Waals surface area (Å²) in [6, 6.07) is 7.17. The second kappa shape index (κ2) is 7.48. The number of unbranched alkanes of at least 4 members (excludes halogenated alkanes) is 1. The molecule has 1 heterocycles. The standard InChI is InChI=1S/C15H18Cl2N4/c1-3-4-7-21(2)15-9-14(18-10-19-15)20-13-8-11(16)5-6-12(13)17/h5-6,8-10H,3-4,7H2,1-2H3,(H,18,19,20). The maximum atomic E-state index is 6.14. The molecule has 0 radical (unpaired) electrons. The first-order valence-corrected chi connectivity index (χ1v) is 7.61. The van der Waals surface area contributed by atoms with Gasteiger partial charge in [0, 0.05) is 24.7 Å². The Labute approximate surface area is 135 Å². The van der Waals surface area contributed by atoms with Crippen LogP contribution in [0, 0.1) is 0 Å². The molecular formula is C15H18Cl2N4. The Bertz CT molecular complexity index is 604. The molecule has 0 aliphatic carbocycles. The van der Waals surface area contributed by atoms with Crippen molar-refractivity contribution < 1.29 is 0 Å². The predicted molar refractivity (Wildman–Crippen MR) is 90.0 cm³/mol. The number of rotatable bonds is 6. The number of anilines is 3. The van der Waals surface area contributed by atoms with Gasteiger partial charge in [0.05, 0.1) is 10.7 Å². The molecule has 2 rings (SSSR count). The number of halogens is 2. The molecule has 0 aliphatic heterocycles. The fourth-order valence-electron chi connectivity index (χ4n) is 1.87. The van der Waals surface area contributed by atoms with Crippen LogP contribution in [0.15, 0.2) is 30.6 Å². The van der Waals surface area contributed by atoms with Crippen LogP contribution in [0.3, 0.4) is 0 Å². The predicted octanol–water partition coefficient (Wildman–Crippen LogP) is 4.76. The first kappa shape index (κ1) is 15.9. The number of nitrogens with one attached hydrogen (secondary N) is 1. The zero-order valence-corrected chi connectivity index (χ0v) is 13.6. The van der Waals surface area contributed by atoms with E-state index in [-0.39, 0.29) is 0 Å². The van der Waals surface area contributed by atoms with Crippen LogP contribution in [0.25, 0.3) is 0 Å². The highest BCUT2D eigenvalue weighted by atomic mass is 35.5. The Morgan fingerprint density at radius 2 is 2.00 bits per heavy atom. The van der Waals surface area contributed by atoms with Crippen molar-refractivity contribution in [1.29, 1.82) is 0 Å². The van der Waals surface area contributed by atoms with Gasteiger partial charge in [0.15, 0.2) is 0 Å². The van der Waals surface area contributed by atoms with Gasteiger partial charge in [-0.1, -0.05) is 36.5 Å². The summed E-state index contributed by atoms with van der Waals surface area (Å²) in [6.07, 6.45) is 3.82. The van der Waals surface area contributed by atoms with E-state index in [1.54, 1.807) is 24.5 Å². The van der Waals surface area contributed by atoms with E-state index in [9.17, 15) is 0 Å². The van der Waals surface area contributed by atoms with Crippen molar-refractivity contribution in [3.05, 3.63) is 40.6 Å². The van der Waals surface area contributed by atoms with Gasteiger partial charge in [-0.05, 0) is 24.6 Å². The highest BCUT2D eigenvalue weighted by molar-refractivity contribution is 6.35. The van der Waals surface area contributed by atoms with Crippen LogP contribution < -0.4 is 10.2 Å². The lowest BCUT2D eigenvalue weighted by molar-refractivity contribution is 0.758. The third-order valence-corrected chi connectivity index (χ3v) is 3.65. The van der Waals surface area contributed by atoms with E-state index in [2.05, 4.69) is 27.1 Å². The van der Waals surface area contributed by atoms with E-state index in [4.69, 9.17) is 23.2 Å². The van der Waals surface area contributed by atoms with Gasteiger partial charge in [0.1, 0.15) is 18.0 Å². The number of hydrogen-bond donors (Lipinski definition) is 1. The normalized spacial score (nSPS) is 10.5. The van der Waals surface area contributed by atoms with E-state index in [0.717, 1.165) is 30.9 Å². The molecule has 2 aromatic rings. The Morgan fingerprint density at radius 1 is 1.19 bits per heavy atom. The van der Waals surface area contributed by atoms with Crippen LogP contribution >= 0.6 is 23.2 Å². The monoisotopic (exact) mass is 324 g/mol. The first-order valence-electron chi connectivity index (χ1n) is 6.85. The minimum absolute atomic E-state index is 0.596. The number of aromatic nitrogens is 2. The Morgan fingerprint density at radius 3 is 2.76 bits per heavy atom. The van der Waals surface area contributed by atoms with Gasteiger partial charge in [0.2, 0.25) is 0 Å². The lowest BCUT2D eigenvalue weighted by Gasteiger charge is -2.18. The largest absolute Gasteiger partial charge is 0.360 e. The van der Waals surface area contributed by atoms with Crippen LogP contribution in [0.2, 0.25) is 10.0 Å². The van der Waals surface area contributed by atoms with E-state index in [1.165, 1.54) is 0 Å². The van der Waals surface area contributed by atoms with Gasteiger partial charge in [-0.15, -0.1) is 0 Å². The van der Waals surface area contributed by atoms with Crippen molar-refractivity contribution in [2.24, 2.45) is 0 Å². The van der Waals surface area contributed by atoms with Crippen molar-refractivity contribution in [3.63, 3.8) is 0 Å². The van der Waals surface area contributed by atoms with E-state index in [0.29, 0.717) is 15.9 Å². The van der Waals surface area contributed by atoms with E-state index < -0.39 is 0 Å². The van der Waals surface area contributed by atoms with Gasteiger partial charge in [-0.3, -0.25) is 0 Å². The lowest BCUT2D eigenvalue weighted by Crippen LogP contribution is -2.19. The summed E-state index contributed by atoms with van der Waals surface area (Å²) in [5.74, 6) is 1.56. The van der Waals surface area contributed by atoms with Gasteiger partial charge in [-0.2, -0.15) is 0 Å². The molecule has 0 saturated heterocycles. The molecule has 112 valence electrons. The molecule has 1 aromatic heterocycles. The second-order valence-electron chi connectivity index (χ2n) is 4.79. The molecule has 0 bridgehead atoms. The third kappa shape index (κ3) is 4.48. The molecule has 6 heteroatoms. The zero-order chi connectivity index (χ0) is 15.2. The zero-order valence-electron chi connectivity index (χ0n) is 12.1. The van der Waals surface area contributed by atoms with E-state index >= 15 is 0 Å². The molecule has 0 spiro atoms. The Balaban J connectivity index is 2.15. The molecular weight excluding hydrogens is 307 g/mol. The molecule has 4 nitrogen and oxygen atoms in total. The molecule has 0 saturated carbocycles. The highest BCUT2D eigenvalue weighted by Crippen LogP contribution is 2.28. The quantitative estimate of drug-likeness (QED) is 0.831. The molecule has 0 aliphatic rings. The van der Waals surface area contributed by atoms with Crippen molar-refractivity contribution >= 4 is 40.5 Å². The molecule has 0 fully saturated rings. The fraction of sp³-hybridized carbons (Fsp3) is 0.333. The summed E-state index contributed by atoms with van der Waals surface area (Å²) in [5, 5.41) is 4.39. The van der Waals surface area contributed by atoms with Crippen molar-refractivity contribution in [2.75, 3.05) is 23.8 Å².